The summed E-state index contributed by atoms with van der Waals surface area (Å²) in [5.74, 6) is -2.00. The zero-order valence-corrected chi connectivity index (χ0v) is 18.1. The number of carbonyl (C=O) groups excluding carboxylic acids is 1. The molecule has 1 aliphatic heterocycles. The summed E-state index contributed by atoms with van der Waals surface area (Å²) in [6, 6.07) is 9.48. The fraction of sp³-hybridized carbons (Fsp3) is 0.708. The van der Waals surface area contributed by atoms with E-state index < -0.39 is 17.4 Å². The Hall–Kier alpha value is -1.20. The Morgan fingerprint density at radius 2 is 1.93 bits per heavy atom. The van der Waals surface area contributed by atoms with Crippen LogP contribution in [0.3, 0.4) is 0 Å². The highest BCUT2D eigenvalue weighted by Gasteiger charge is 2.66. The smallest absolute Gasteiger partial charge is 0.280 e. The summed E-state index contributed by atoms with van der Waals surface area (Å²) in [5, 5.41) is 5.58. The van der Waals surface area contributed by atoms with Crippen LogP contribution in [0, 0.1) is 16.7 Å². The molecule has 4 saturated carbocycles. The molecular formula is C24H31ClF2N2O. The van der Waals surface area contributed by atoms with Crippen molar-refractivity contribution in [2.75, 3.05) is 19.0 Å². The minimum atomic E-state index is -2.90. The molecular weight excluding hydrogens is 406 g/mol. The second-order valence-corrected chi connectivity index (χ2v) is 11.0. The van der Waals surface area contributed by atoms with Crippen molar-refractivity contribution in [3.05, 3.63) is 35.9 Å². The molecule has 0 aromatic heterocycles. The molecule has 0 radical (unpaired) electrons. The molecule has 5 fully saturated rings. The standard InChI is InChI=1S/C24H31ClF2N2O/c25-8-7-21-10-17-11-22(13-21,18-4-2-1-3-5-18)15-23(12-17,14-21)20(30)29-19-6-9-28-16-24(19,26)27/h1-5,17,19,28H,6-16H2,(H,29,30)/t17?,19?,21-,22-,23?/m1/s1. The van der Waals surface area contributed by atoms with E-state index >= 15 is 0 Å². The molecule has 1 aromatic rings. The first-order valence-corrected chi connectivity index (χ1v) is 11.9. The number of amides is 1. The van der Waals surface area contributed by atoms with E-state index in [2.05, 4.69) is 34.9 Å². The number of piperidine rings is 1. The third-order valence-corrected chi connectivity index (χ3v) is 8.65. The quantitative estimate of drug-likeness (QED) is 0.660. The van der Waals surface area contributed by atoms with E-state index in [-0.39, 0.29) is 29.7 Å². The van der Waals surface area contributed by atoms with Crippen molar-refractivity contribution >= 4 is 17.5 Å². The average molecular weight is 437 g/mol. The van der Waals surface area contributed by atoms with E-state index in [1.54, 1.807) is 0 Å². The molecule has 1 aromatic carbocycles. The lowest BCUT2D eigenvalue weighted by atomic mass is 9.38. The highest BCUT2D eigenvalue weighted by molar-refractivity contribution is 6.17. The van der Waals surface area contributed by atoms with E-state index in [1.807, 2.05) is 6.07 Å². The Bertz CT molecular complexity index is 821. The summed E-state index contributed by atoms with van der Waals surface area (Å²) in [4.78, 5) is 13.7. The maximum absolute atomic E-state index is 14.4. The fourth-order valence-electron chi connectivity index (χ4n) is 7.81. The van der Waals surface area contributed by atoms with Crippen molar-refractivity contribution in [1.82, 2.24) is 10.6 Å². The van der Waals surface area contributed by atoms with Crippen molar-refractivity contribution < 1.29 is 13.6 Å². The van der Waals surface area contributed by atoms with Crippen LogP contribution in [-0.2, 0) is 10.2 Å². The third kappa shape index (κ3) is 3.28. The largest absolute Gasteiger partial charge is 0.347 e. The number of benzene rings is 1. The molecule has 6 heteroatoms. The van der Waals surface area contributed by atoms with Gasteiger partial charge in [-0.2, -0.15) is 0 Å². The van der Waals surface area contributed by atoms with Gasteiger partial charge in [0.1, 0.15) is 0 Å². The molecule has 5 atom stereocenters. The monoisotopic (exact) mass is 436 g/mol. The minimum absolute atomic E-state index is 0.0410. The first kappa shape index (κ1) is 20.7. The Morgan fingerprint density at radius 3 is 2.67 bits per heavy atom. The average Bonchev–Trinajstić information content (AvgIpc) is 2.69. The van der Waals surface area contributed by atoms with Gasteiger partial charge in [-0.3, -0.25) is 4.79 Å². The fourth-order valence-corrected chi connectivity index (χ4v) is 8.21. The van der Waals surface area contributed by atoms with Crippen molar-refractivity contribution in [2.24, 2.45) is 16.7 Å². The second kappa shape index (κ2) is 7.16. The van der Waals surface area contributed by atoms with Crippen LogP contribution in [0.25, 0.3) is 0 Å². The Kier molecular flexibility index (Phi) is 4.94. The van der Waals surface area contributed by atoms with Crippen molar-refractivity contribution in [1.29, 1.82) is 0 Å². The molecule has 1 amide bonds. The maximum atomic E-state index is 14.4. The molecule has 4 bridgehead atoms. The highest BCUT2D eigenvalue weighted by Crippen LogP contribution is 2.71. The van der Waals surface area contributed by atoms with E-state index in [0.29, 0.717) is 18.3 Å². The van der Waals surface area contributed by atoms with Gasteiger partial charge < -0.3 is 10.6 Å². The zero-order valence-electron chi connectivity index (χ0n) is 17.4. The maximum Gasteiger partial charge on any atom is 0.280 e. The van der Waals surface area contributed by atoms with Crippen LogP contribution in [0.15, 0.2) is 30.3 Å². The molecule has 0 spiro atoms. The molecule has 6 rings (SSSR count). The van der Waals surface area contributed by atoms with Gasteiger partial charge in [0.05, 0.1) is 18.0 Å². The molecule has 4 aliphatic carbocycles. The summed E-state index contributed by atoms with van der Waals surface area (Å²) in [6.07, 6.45) is 6.84. The van der Waals surface area contributed by atoms with E-state index in [9.17, 15) is 13.6 Å². The molecule has 5 aliphatic rings. The lowest BCUT2D eigenvalue weighted by molar-refractivity contribution is -0.166. The van der Waals surface area contributed by atoms with Gasteiger partial charge in [-0.25, -0.2) is 8.78 Å². The van der Waals surface area contributed by atoms with Gasteiger partial charge in [0.15, 0.2) is 0 Å². The van der Waals surface area contributed by atoms with Crippen LogP contribution in [0.1, 0.15) is 56.9 Å². The minimum Gasteiger partial charge on any atom is -0.347 e. The van der Waals surface area contributed by atoms with E-state index in [1.165, 1.54) is 5.56 Å². The number of hydrogen-bond acceptors (Lipinski definition) is 2. The van der Waals surface area contributed by atoms with E-state index in [4.69, 9.17) is 11.6 Å². The lowest BCUT2D eigenvalue weighted by Gasteiger charge is -2.66. The third-order valence-electron chi connectivity index (χ3n) is 8.46. The molecule has 1 heterocycles. The summed E-state index contributed by atoms with van der Waals surface area (Å²) in [5.41, 5.74) is 0.756. The van der Waals surface area contributed by atoms with Crippen LogP contribution in [0.5, 0.6) is 0 Å². The number of halogens is 3. The van der Waals surface area contributed by atoms with Crippen LogP contribution in [0.4, 0.5) is 8.78 Å². The summed E-state index contributed by atoms with van der Waals surface area (Å²) < 4.78 is 28.9. The number of nitrogens with one attached hydrogen (secondary N) is 2. The van der Waals surface area contributed by atoms with E-state index in [0.717, 1.165) is 44.9 Å². The Morgan fingerprint density at radius 1 is 1.13 bits per heavy atom. The SMILES string of the molecule is O=C(NC1CCNCC1(F)F)C12CC3C[C@@](CCCl)(C1)C[C@](c1ccccc1)(C3)C2. The van der Waals surface area contributed by atoms with Crippen molar-refractivity contribution in [3.8, 4) is 0 Å². The molecule has 164 valence electrons. The van der Waals surface area contributed by atoms with Crippen LogP contribution < -0.4 is 10.6 Å². The normalized spacial score (nSPS) is 41.6. The first-order valence-electron chi connectivity index (χ1n) is 11.3. The first-order chi connectivity index (χ1) is 14.3. The van der Waals surface area contributed by atoms with Gasteiger partial charge in [0.2, 0.25) is 5.91 Å². The van der Waals surface area contributed by atoms with Gasteiger partial charge in [-0.15, -0.1) is 11.6 Å². The number of hydrogen-bond donors (Lipinski definition) is 2. The molecule has 2 N–H and O–H groups in total. The predicted octanol–water partition coefficient (Wildman–Crippen LogP) is 4.64. The summed E-state index contributed by atoms with van der Waals surface area (Å²) >= 11 is 6.24. The van der Waals surface area contributed by atoms with Gasteiger partial charge in [-0.1, -0.05) is 30.3 Å². The number of rotatable bonds is 5. The number of carbonyl (C=O) groups is 1. The molecule has 3 nitrogen and oxygen atoms in total. The van der Waals surface area contributed by atoms with Crippen LogP contribution in [-0.4, -0.2) is 36.8 Å². The highest BCUT2D eigenvalue weighted by atomic mass is 35.5. The molecule has 30 heavy (non-hydrogen) atoms. The topological polar surface area (TPSA) is 41.1 Å². The van der Waals surface area contributed by atoms with Crippen molar-refractivity contribution in [3.63, 3.8) is 0 Å². The Labute approximate surface area is 182 Å². The van der Waals surface area contributed by atoms with Crippen LogP contribution >= 0.6 is 11.6 Å². The number of alkyl halides is 3. The lowest BCUT2D eigenvalue weighted by Crippen LogP contribution is -2.65. The Balaban J connectivity index is 1.49. The molecule has 3 unspecified atom stereocenters. The van der Waals surface area contributed by atoms with Crippen molar-refractivity contribution in [2.45, 2.75) is 68.7 Å². The van der Waals surface area contributed by atoms with Crippen LogP contribution in [0.2, 0.25) is 0 Å². The predicted molar refractivity (Wildman–Crippen MR) is 114 cm³/mol. The summed E-state index contributed by atoms with van der Waals surface area (Å²) in [7, 11) is 0. The summed E-state index contributed by atoms with van der Waals surface area (Å²) in [6.45, 7) is 0.151. The second-order valence-electron chi connectivity index (χ2n) is 10.6. The molecule has 1 saturated heterocycles. The van der Waals surface area contributed by atoms with Gasteiger partial charge in [-0.05, 0) is 80.2 Å². The van der Waals surface area contributed by atoms with Gasteiger partial charge in [0, 0.05) is 5.88 Å². The van der Waals surface area contributed by atoms with Gasteiger partial charge in [0.25, 0.3) is 5.92 Å². The van der Waals surface area contributed by atoms with Gasteiger partial charge >= 0.3 is 0 Å². The zero-order chi connectivity index (χ0) is 21.0.